The molecule has 0 fully saturated rings. The maximum Gasteiger partial charge on any atom is 0.420 e. The van der Waals surface area contributed by atoms with Gasteiger partial charge in [-0.15, -0.1) is 0 Å². The Bertz CT molecular complexity index is 1390. The van der Waals surface area contributed by atoms with Crippen molar-refractivity contribution in [2.24, 2.45) is 0 Å². The van der Waals surface area contributed by atoms with E-state index in [1.54, 1.807) is 35.0 Å². The normalized spacial score (nSPS) is 13.4. The molecule has 1 aromatic heterocycles. The smallest absolute Gasteiger partial charge is 0.420 e. The molecule has 1 atom stereocenters. The number of anilines is 1. The summed E-state index contributed by atoms with van der Waals surface area (Å²) >= 11 is 0. The molecule has 4 aromatic rings. The molecular formula is C27H27F3N4O3. The summed E-state index contributed by atoms with van der Waals surface area (Å²) in [5.41, 5.74) is 0.641. The average Bonchev–Trinajstić information content (AvgIpc) is 3.30. The Morgan fingerprint density at radius 3 is 2.51 bits per heavy atom. The predicted octanol–water partition coefficient (Wildman–Crippen LogP) is 4.62. The second kappa shape index (κ2) is 10.6. The summed E-state index contributed by atoms with van der Waals surface area (Å²) in [7, 11) is 1.34. The Morgan fingerprint density at radius 1 is 1.05 bits per heavy atom. The van der Waals surface area contributed by atoms with E-state index in [0.717, 1.165) is 11.1 Å². The quantitative estimate of drug-likeness (QED) is 0.284. The number of halogens is 3. The molecule has 0 saturated heterocycles. The van der Waals surface area contributed by atoms with Gasteiger partial charge in [-0.2, -0.15) is 18.3 Å². The lowest BCUT2D eigenvalue weighted by atomic mass is 10.0. The van der Waals surface area contributed by atoms with Crippen LogP contribution in [0.3, 0.4) is 0 Å². The van der Waals surface area contributed by atoms with E-state index in [1.807, 2.05) is 43.3 Å². The van der Waals surface area contributed by atoms with E-state index in [1.165, 1.54) is 13.2 Å². The molecule has 3 N–H and O–H groups in total. The standard InChI is InChI=1S/C27H27F3N4O3/c1-18-11-23(32-17-26(36,16-31-2)27(28,29)30)22-14-33-34(24(22)12-18)21-10-6-9-20(13-21)25(35)37-15-19-7-4-3-5-8-19/h3-14,31-32,36H,15-17H2,1-2H3. The number of ether oxygens (including phenoxy) is 1. The SMILES string of the molecule is CNCC(O)(CNc1cc(C)cc2c1cnn2-c1cccc(C(=O)OCc2ccccc2)c1)C(F)(F)F. The minimum Gasteiger partial charge on any atom is -0.457 e. The van der Waals surface area contributed by atoms with Crippen LogP contribution in [-0.4, -0.2) is 52.8 Å². The number of carbonyl (C=O) groups excluding carboxylic acids is 1. The van der Waals surface area contributed by atoms with Crippen molar-refractivity contribution in [1.29, 1.82) is 0 Å². The Kier molecular flexibility index (Phi) is 7.51. The first kappa shape index (κ1) is 26.2. The highest BCUT2D eigenvalue weighted by atomic mass is 19.4. The first-order valence-electron chi connectivity index (χ1n) is 11.6. The molecule has 7 nitrogen and oxygen atoms in total. The topological polar surface area (TPSA) is 88.4 Å². The summed E-state index contributed by atoms with van der Waals surface area (Å²) in [4.78, 5) is 12.6. The Morgan fingerprint density at radius 2 is 1.81 bits per heavy atom. The highest BCUT2D eigenvalue weighted by Gasteiger charge is 2.53. The van der Waals surface area contributed by atoms with Gasteiger partial charge in [-0.25, -0.2) is 9.48 Å². The molecule has 0 aliphatic heterocycles. The van der Waals surface area contributed by atoms with Crippen molar-refractivity contribution in [2.45, 2.75) is 25.3 Å². The van der Waals surface area contributed by atoms with E-state index in [9.17, 15) is 23.1 Å². The molecule has 0 saturated carbocycles. The first-order valence-corrected chi connectivity index (χ1v) is 11.6. The van der Waals surface area contributed by atoms with Crippen LogP contribution in [0.5, 0.6) is 0 Å². The van der Waals surface area contributed by atoms with E-state index < -0.39 is 30.8 Å². The fourth-order valence-corrected chi connectivity index (χ4v) is 3.99. The van der Waals surface area contributed by atoms with Crippen LogP contribution in [-0.2, 0) is 11.3 Å². The number of nitrogens with one attached hydrogen (secondary N) is 2. The highest BCUT2D eigenvalue weighted by molar-refractivity contribution is 5.94. The number of hydrogen-bond donors (Lipinski definition) is 3. The van der Waals surface area contributed by atoms with Crippen molar-refractivity contribution in [3.63, 3.8) is 0 Å². The molecule has 0 spiro atoms. The number of fused-ring (bicyclic) bond motifs is 1. The van der Waals surface area contributed by atoms with Gasteiger partial charge in [0.2, 0.25) is 0 Å². The number of carbonyl (C=O) groups is 1. The third-order valence-electron chi connectivity index (χ3n) is 5.94. The summed E-state index contributed by atoms with van der Waals surface area (Å²) < 4.78 is 47.5. The molecule has 4 rings (SSSR count). The van der Waals surface area contributed by atoms with Gasteiger partial charge in [-0.05, 0) is 55.4 Å². The Labute approximate surface area is 211 Å². The molecule has 37 heavy (non-hydrogen) atoms. The summed E-state index contributed by atoms with van der Waals surface area (Å²) in [5, 5.41) is 20.3. The van der Waals surface area contributed by atoms with Crippen molar-refractivity contribution in [1.82, 2.24) is 15.1 Å². The summed E-state index contributed by atoms with van der Waals surface area (Å²) in [5.74, 6) is -0.489. The van der Waals surface area contributed by atoms with Crippen LogP contribution < -0.4 is 10.6 Å². The minimum absolute atomic E-state index is 0.140. The maximum atomic E-state index is 13.5. The van der Waals surface area contributed by atoms with Gasteiger partial charge in [0.15, 0.2) is 5.60 Å². The van der Waals surface area contributed by atoms with Crippen LogP contribution in [0, 0.1) is 6.92 Å². The maximum absolute atomic E-state index is 13.5. The predicted molar refractivity (Wildman–Crippen MR) is 135 cm³/mol. The molecule has 10 heteroatoms. The number of aliphatic hydroxyl groups is 1. The third kappa shape index (κ3) is 5.76. The monoisotopic (exact) mass is 512 g/mol. The largest absolute Gasteiger partial charge is 0.457 e. The molecule has 0 aliphatic carbocycles. The van der Waals surface area contributed by atoms with Gasteiger partial charge >= 0.3 is 12.1 Å². The van der Waals surface area contributed by atoms with Gasteiger partial charge in [0.05, 0.1) is 29.5 Å². The highest BCUT2D eigenvalue weighted by Crippen LogP contribution is 2.32. The van der Waals surface area contributed by atoms with Crippen LogP contribution in [0.25, 0.3) is 16.6 Å². The lowest BCUT2D eigenvalue weighted by Gasteiger charge is -2.31. The molecule has 0 bridgehead atoms. The van der Waals surface area contributed by atoms with Gasteiger partial charge in [0, 0.05) is 17.6 Å². The van der Waals surface area contributed by atoms with Crippen molar-refractivity contribution in [3.8, 4) is 5.69 Å². The van der Waals surface area contributed by atoms with Crippen LogP contribution >= 0.6 is 0 Å². The summed E-state index contributed by atoms with van der Waals surface area (Å²) in [6, 6.07) is 19.6. The lowest BCUT2D eigenvalue weighted by Crippen LogP contribution is -2.56. The zero-order valence-corrected chi connectivity index (χ0v) is 20.3. The molecular weight excluding hydrogens is 485 g/mol. The second-order valence-corrected chi connectivity index (χ2v) is 8.83. The van der Waals surface area contributed by atoms with Crippen molar-refractivity contribution < 1.29 is 27.8 Å². The number of esters is 1. The van der Waals surface area contributed by atoms with E-state index >= 15 is 0 Å². The molecule has 0 amide bonds. The molecule has 194 valence electrons. The number of aromatic nitrogens is 2. The van der Waals surface area contributed by atoms with Crippen LogP contribution in [0.15, 0.2) is 72.9 Å². The van der Waals surface area contributed by atoms with Gasteiger partial charge in [-0.1, -0.05) is 36.4 Å². The molecule has 1 heterocycles. The van der Waals surface area contributed by atoms with Gasteiger partial charge < -0.3 is 20.5 Å². The van der Waals surface area contributed by atoms with Crippen molar-refractivity contribution in [2.75, 3.05) is 25.5 Å². The van der Waals surface area contributed by atoms with Crippen LogP contribution in [0.4, 0.5) is 18.9 Å². The van der Waals surface area contributed by atoms with E-state index in [4.69, 9.17) is 4.74 Å². The Balaban J connectivity index is 1.59. The van der Waals surface area contributed by atoms with Gasteiger partial charge in [-0.3, -0.25) is 0 Å². The van der Waals surface area contributed by atoms with E-state index in [2.05, 4.69) is 15.7 Å². The zero-order chi connectivity index (χ0) is 26.6. The van der Waals surface area contributed by atoms with Gasteiger partial charge in [0.25, 0.3) is 0 Å². The van der Waals surface area contributed by atoms with Gasteiger partial charge in [0.1, 0.15) is 6.61 Å². The molecule has 3 aromatic carbocycles. The fraction of sp³-hybridized carbons (Fsp3) is 0.259. The molecule has 0 aliphatic rings. The zero-order valence-electron chi connectivity index (χ0n) is 20.3. The third-order valence-corrected chi connectivity index (χ3v) is 5.94. The number of aryl methyl sites for hydroxylation is 1. The number of alkyl halides is 3. The number of rotatable bonds is 9. The number of nitrogens with zero attached hydrogens (tertiary/aromatic N) is 2. The lowest BCUT2D eigenvalue weighted by molar-refractivity contribution is -0.251. The van der Waals surface area contributed by atoms with E-state index in [0.29, 0.717) is 27.8 Å². The fourth-order valence-electron chi connectivity index (χ4n) is 3.99. The average molecular weight is 513 g/mol. The van der Waals surface area contributed by atoms with E-state index in [-0.39, 0.29) is 6.61 Å². The molecule has 1 unspecified atom stereocenters. The number of benzene rings is 3. The van der Waals surface area contributed by atoms with Crippen LogP contribution in [0.1, 0.15) is 21.5 Å². The number of hydrogen-bond acceptors (Lipinski definition) is 6. The van der Waals surface area contributed by atoms with Crippen molar-refractivity contribution >= 4 is 22.6 Å². The molecule has 0 radical (unpaired) electrons. The summed E-state index contributed by atoms with van der Waals surface area (Å²) in [6.07, 6.45) is -3.30. The van der Waals surface area contributed by atoms with Crippen molar-refractivity contribution in [3.05, 3.63) is 89.6 Å². The van der Waals surface area contributed by atoms with Crippen LogP contribution in [0.2, 0.25) is 0 Å². The number of likely N-dealkylation sites (N-methyl/N-ethyl adjacent to an activating group) is 1. The second-order valence-electron chi connectivity index (χ2n) is 8.83. The Hall–Kier alpha value is -3.89. The summed E-state index contributed by atoms with van der Waals surface area (Å²) in [6.45, 7) is 0.540. The minimum atomic E-state index is -4.83. The first-order chi connectivity index (χ1) is 17.6.